The average Bonchev–Trinajstić information content (AvgIpc) is 2.40. The fraction of sp³-hybridized carbons (Fsp3) is 0.385. The van der Waals surface area contributed by atoms with Crippen molar-refractivity contribution in [1.29, 1.82) is 0 Å². The minimum Gasteiger partial charge on any atom is -0.494 e. The number of hydrogen-bond acceptors (Lipinski definition) is 3. The van der Waals surface area contributed by atoms with Crippen molar-refractivity contribution < 1.29 is 23.1 Å². The lowest BCUT2D eigenvalue weighted by atomic mass is 10.2. The minimum atomic E-state index is -1.04. The van der Waals surface area contributed by atoms with Gasteiger partial charge in [-0.2, -0.15) is 0 Å². The van der Waals surface area contributed by atoms with E-state index in [-0.39, 0.29) is 11.8 Å². The Labute approximate surface area is 115 Å². The van der Waals surface area contributed by atoms with Crippen LogP contribution >= 0.6 is 0 Å². The summed E-state index contributed by atoms with van der Waals surface area (Å²) in [6, 6.07) is 1.36. The third-order valence-corrected chi connectivity index (χ3v) is 2.78. The number of ether oxygens (including phenoxy) is 1. The maximum atomic E-state index is 13.6. The van der Waals surface area contributed by atoms with Crippen LogP contribution in [-0.4, -0.2) is 36.9 Å². The molecule has 0 unspecified atom stereocenters. The Kier molecular flexibility index (Phi) is 5.01. The summed E-state index contributed by atoms with van der Waals surface area (Å²) in [5.74, 6) is -3.89. The molecule has 0 saturated carbocycles. The molecule has 0 spiro atoms. The molecule has 1 aromatic rings. The van der Waals surface area contributed by atoms with Gasteiger partial charge in [0.1, 0.15) is 0 Å². The van der Waals surface area contributed by atoms with Crippen molar-refractivity contribution in [1.82, 2.24) is 4.90 Å². The number of carbonyl (C=O) groups is 2. The third-order valence-electron chi connectivity index (χ3n) is 2.78. The summed E-state index contributed by atoms with van der Waals surface area (Å²) in [7, 11) is 2.63. The molecule has 0 fully saturated rings. The number of nitrogens with zero attached hydrogens (tertiary/aromatic N) is 1. The van der Waals surface area contributed by atoms with Gasteiger partial charge in [0, 0.05) is 25.2 Å². The van der Waals surface area contributed by atoms with E-state index in [2.05, 4.69) is 4.74 Å². The first-order valence-electron chi connectivity index (χ1n) is 5.89. The Morgan fingerprint density at radius 3 is 2.35 bits per heavy atom. The van der Waals surface area contributed by atoms with Crippen molar-refractivity contribution >= 4 is 17.5 Å². The largest absolute Gasteiger partial charge is 0.494 e. The Morgan fingerprint density at radius 2 is 1.85 bits per heavy atom. The highest BCUT2D eigenvalue weighted by atomic mass is 19.1. The molecule has 1 rings (SSSR count). The van der Waals surface area contributed by atoms with Gasteiger partial charge in [0.05, 0.1) is 12.8 Å². The summed E-state index contributed by atoms with van der Waals surface area (Å²) in [4.78, 5) is 24.5. The van der Waals surface area contributed by atoms with Gasteiger partial charge in [0.2, 0.25) is 0 Å². The molecular weight excluding hydrogens is 270 g/mol. The lowest BCUT2D eigenvalue weighted by molar-refractivity contribution is -0.143. The van der Waals surface area contributed by atoms with Crippen LogP contribution in [0.3, 0.4) is 0 Å². The van der Waals surface area contributed by atoms with Crippen LogP contribution in [0.5, 0.6) is 5.75 Å². The minimum absolute atomic E-state index is 0.189. The number of rotatable bonds is 3. The highest BCUT2D eigenvalue weighted by Gasteiger charge is 2.22. The average molecular weight is 286 g/mol. The van der Waals surface area contributed by atoms with Crippen LogP contribution in [0.2, 0.25) is 0 Å². The van der Waals surface area contributed by atoms with E-state index in [0.29, 0.717) is 0 Å². The number of halogens is 2. The van der Waals surface area contributed by atoms with Crippen molar-refractivity contribution in [3.63, 3.8) is 0 Å². The number of likely N-dealkylation sites (N-methyl/N-ethyl adjacent to an activating group) is 1. The predicted octanol–water partition coefficient (Wildman–Crippen LogP) is 1.78. The van der Waals surface area contributed by atoms with Gasteiger partial charge in [-0.15, -0.1) is 0 Å². The Hall–Kier alpha value is -2.18. The van der Waals surface area contributed by atoms with Crippen molar-refractivity contribution in [2.75, 3.05) is 19.5 Å². The fourth-order valence-corrected chi connectivity index (χ4v) is 1.35. The Bertz CT molecular complexity index is 533. The van der Waals surface area contributed by atoms with Crippen LogP contribution < -0.4 is 10.1 Å². The van der Waals surface area contributed by atoms with E-state index in [1.807, 2.05) is 5.32 Å². The molecule has 0 saturated heterocycles. The zero-order valence-corrected chi connectivity index (χ0v) is 11.7. The second-order valence-electron chi connectivity index (χ2n) is 4.43. The molecule has 7 heteroatoms. The quantitative estimate of drug-likeness (QED) is 0.862. The Balaban J connectivity index is 2.91. The van der Waals surface area contributed by atoms with Crippen LogP contribution in [0.15, 0.2) is 12.1 Å². The van der Waals surface area contributed by atoms with Crippen molar-refractivity contribution in [3.05, 3.63) is 23.8 Å². The number of carbonyl (C=O) groups excluding carboxylic acids is 2. The maximum Gasteiger partial charge on any atom is 0.313 e. The van der Waals surface area contributed by atoms with Crippen LogP contribution in [0.25, 0.3) is 0 Å². The number of amides is 2. The molecule has 0 heterocycles. The van der Waals surface area contributed by atoms with Gasteiger partial charge in [-0.25, -0.2) is 8.78 Å². The Morgan fingerprint density at radius 1 is 1.25 bits per heavy atom. The molecule has 2 amide bonds. The third kappa shape index (κ3) is 3.43. The summed E-state index contributed by atoms with van der Waals surface area (Å²) in [5, 5.41) is 2.04. The molecule has 0 aliphatic heterocycles. The van der Waals surface area contributed by atoms with Crippen molar-refractivity contribution in [3.8, 4) is 5.75 Å². The number of nitrogens with one attached hydrogen (secondary N) is 1. The molecule has 20 heavy (non-hydrogen) atoms. The van der Waals surface area contributed by atoms with Gasteiger partial charge in [-0.05, 0) is 13.8 Å². The van der Waals surface area contributed by atoms with Crippen LogP contribution in [-0.2, 0) is 9.59 Å². The van der Waals surface area contributed by atoms with E-state index in [0.717, 1.165) is 12.1 Å². The zero-order valence-electron chi connectivity index (χ0n) is 11.7. The molecule has 110 valence electrons. The lowest BCUT2D eigenvalue weighted by Gasteiger charge is -2.20. The van der Waals surface area contributed by atoms with Gasteiger partial charge >= 0.3 is 11.8 Å². The zero-order chi connectivity index (χ0) is 15.4. The molecular formula is C13H16F2N2O3. The van der Waals surface area contributed by atoms with Gasteiger partial charge in [-0.1, -0.05) is 0 Å². The smallest absolute Gasteiger partial charge is 0.313 e. The van der Waals surface area contributed by atoms with E-state index in [1.54, 1.807) is 13.8 Å². The number of methoxy groups -OCH3 is 1. The lowest BCUT2D eigenvalue weighted by Crippen LogP contribution is -2.41. The van der Waals surface area contributed by atoms with Gasteiger partial charge < -0.3 is 15.0 Å². The molecule has 1 N–H and O–H groups in total. The van der Waals surface area contributed by atoms with E-state index in [9.17, 15) is 18.4 Å². The van der Waals surface area contributed by atoms with Crippen LogP contribution in [0, 0.1) is 11.6 Å². The molecule has 0 aliphatic rings. The number of benzene rings is 1. The molecule has 0 radical (unpaired) electrons. The molecule has 5 nitrogen and oxygen atoms in total. The topological polar surface area (TPSA) is 58.6 Å². The first kappa shape index (κ1) is 15.9. The van der Waals surface area contributed by atoms with Crippen LogP contribution in [0.1, 0.15) is 13.8 Å². The van der Waals surface area contributed by atoms with Crippen molar-refractivity contribution in [2.24, 2.45) is 0 Å². The summed E-state index contributed by atoms with van der Waals surface area (Å²) in [6.07, 6.45) is 0. The summed E-state index contributed by atoms with van der Waals surface area (Å²) >= 11 is 0. The van der Waals surface area contributed by atoms with E-state index in [1.165, 1.54) is 19.1 Å². The normalized spacial score (nSPS) is 10.3. The molecule has 0 aliphatic carbocycles. The molecule has 0 aromatic heterocycles. The van der Waals surface area contributed by atoms with E-state index >= 15 is 0 Å². The highest BCUT2D eigenvalue weighted by Crippen LogP contribution is 2.24. The molecule has 0 bridgehead atoms. The van der Waals surface area contributed by atoms with Gasteiger partial charge in [0.25, 0.3) is 0 Å². The number of anilines is 1. The number of hydrogen-bond donors (Lipinski definition) is 1. The summed E-state index contributed by atoms with van der Waals surface area (Å²) in [6.45, 7) is 3.44. The maximum absolute atomic E-state index is 13.6. The van der Waals surface area contributed by atoms with E-state index < -0.39 is 29.1 Å². The van der Waals surface area contributed by atoms with Gasteiger partial charge in [-0.3, -0.25) is 9.59 Å². The first-order valence-corrected chi connectivity index (χ1v) is 5.89. The van der Waals surface area contributed by atoms with Crippen molar-refractivity contribution in [2.45, 2.75) is 19.9 Å². The standard InChI is InChI=1S/C13H16F2N2O3/c1-7(2)17(3)13(19)12(18)16-10-5-9(15)11(20-4)6-8(10)14/h5-7H,1-4H3,(H,16,18). The fourth-order valence-electron chi connectivity index (χ4n) is 1.35. The van der Waals surface area contributed by atoms with Gasteiger partial charge in [0.15, 0.2) is 17.4 Å². The highest BCUT2D eigenvalue weighted by molar-refractivity contribution is 6.39. The predicted molar refractivity (Wildman–Crippen MR) is 69.4 cm³/mol. The molecule has 1 aromatic carbocycles. The second-order valence-corrected chi connectivity index (χ2v) is 4.43. The second kappa shape index (κ2) is 6.31. The molecule has 0 atom stereocenters. The SMILES string of the molecule is COc1cc(F)c(NC(=O)C(=O)N(C)C(C)C)cc1F. The monoisotopic (exact) mass is 286 g/mol. The summed E-state index contributed by atoms with van der Waals surface area (Å²) < 4.78 is 31.6. The first-order chi connectivity index (χ1) is 9.27. The summed E-state index contributed by atoms with van der Waals surface area (Å²) in [5.41, 5.74) is -0.418. The van der Waals surface area contributed by atoms with Crippen LogP contribution in [0.4, 0.5) is 14.5 Å². The van der Waals surface area contributed by atoms with E-state index in [4.69, 9.17) is 0 Å².